The molecule has 1 saturated carbocycles. The van der Waals surface area contributed by atoms with Gasteiger partial charge < -0.3 is 0 Å². The number of Topliss-reactive ketones (excluding diaryl/α,β-unsaturated/α-hetero) is 1. The summed E-state index contributed by atoms with van der Waals surface area (Å²) >= 11 is 2.19. The molecule has 0 unspecified atom stereocenters. The van der Waals surface area contributed by atoms with Crippen LogP contribution in [0.4, 0.5) is 0 Å². The predicted octanol–water partition coefficient (Wildman–Crippen LogP) is 3.65. The largest absolute Gasteiger partial charge is 0.299 e. The fraction of sp³-hybridized carbons (Fsp3) is 0.438. The number of hydrogen-bond acceptors (Lipinski definition) is 3. The standard InChI is InChI=1S/C16H15IN2O/c1-15(2,3)14(20)13-12(16(13,8-18)9-19)10-5-4-6-11(17)7-10/h4-7,12-13H,1-3H3/t12-,13-/m0/s1. The summed E-state index contributed by atoms with van der Waals surface area (Å²) in [7, 11) is 0. The summed E-state index contributed by atoms with van der Waals surface area (Å²) in [5.41, 5.74) is -0.836. The molecule has 4 heteroatoms. The van der Waals surface area contributed by atoms with Gasteiger partial charge in [0, 0.05) is 14.9 Å². The summed E-state index contributed by atoms with van der Waals surface area (Å²) in [5.74, 6) is -0.834. The second-order valence-electron chi connectivity index (χ2n) is 6.22. The molecule has 1 aliphatic rings. The summed E-state index contributed by atoms with van der Waals surface area (Å²) in [6.45, 7) is 5.50. The molecule has 1 aromatic rings. The summed E-state index contributed by atoms with van der Waals surface area (Å²) in [6, 6.07) is 11.9. The predicted molar refractivity (Wildman–Crippen MR) is 83.5 cm³/mol. The first kappa shape index (κ1) is 15.0. The SMILES string of the molecule is CC(C)(C)C(=O)[C@@H]1[C@H](c2cccc(I)c2)C1(C#N)C#N. The van der Waals surface area contributed by atoms with Crippen LogP contribution in [-0.2, 0) is 4.79 Å². The first-order valence-corrected chi connectivity index (χ1v) is 7.48. The van der Waals surface area contributed by atoms with Crippen molar-refractivity contribution in [3.8, 4) is 12.1 Å². The molecule has 0 spiro atoms. The monoisotopic (exact) mass is 378 g/mol. The Morgan fingerprint density at radius 3 is 2.35 bits per heavy atom. The zero-order chi connectivity index (χ0) is 15.1. The van der Waals surface area contributed by atoms with Gasteiger partial charge in [-0.3, -0.25) is 4.79 Å². The van der Waals surface area contributed by atoms with E-state index in [1.54, 1.807) is 0 Å². The molecule has 0 heterocycles. The first-order chi connectivity index (χ1) is 9.28. The van der Waals surface area contributed by atoms with Crippen molar-refractivity contribution < 1.29 is 4.79 Å². The van der Waals surface area contributed by atoms with Gasteiger partial charge in [0.2, 0.25) is 0 Å². The zero-order valence-electron chi connectivity index (χ0n) is 11.6. The average molecular weight is 378 g/mol. The summed E-state index contributed by atoms with van der Waals surface area (Å²) in [6.07, 6.45) is 0. The highest BCUT2D eigenvalue weighted by Gasteiger charge is 2.71. The van der Waals surface area contributed by atoms with Crippen LogP contribution in [0.5, 0.6) is 0 Å². The van der Waals surface area contributed by atoms with E-state index in [0.29, 0.717) is 0 Å². The van der Waals surface area contributed by atoms with Gasteiger partial charge in [0.05, 0.1) is 18.1 Å². The van der Waals surface area contributed by atoms with Crippen LogP contribution >= 0.6 is 22.6 Å². The Labute approximate surface area is 132 Å². The molecule has 0 N–H and O–H groups in total. The van der Waals surface area contributed by atoms with Crippen molar-refractivity contribution in [1.82, 2.24) is 0 Å². The van der Waals surface area contributed by atoms with Crippen LogP contribution in [0.3, 0.4) is 0 Å². The van der Waals surface area contributed by atoms with Gasteiger partial charge in [-0.05, 0) is 40.3 Å². The molecular formula is C16H15IN2O. The Morgan fingerprint density at radius 2 is 1.90 bits per heavy atom. The van der Waals surface area contributed by atoms with Crippen molar-refractivity contribution in [1.29, 1.82) is 10.5 Å². The number of rotatable bonds is 2. The third-order valence-electron chi connectivity index (χ3n) is 3.80. The van der Waals surface area contributed by atoms with Crippen LogP contribution in [0.1, 0.15) is 32.3 Å². The van der Waals surface area contributed by atoms with Gasteiger partial charge in [-0.15, -0.1) is 0 Å². The van der Waals surface area contributed by atoms with Crippen molar-refractivity contribution in [3.63, 3.8) is 0 Å². The van der Waals surface area contributed by atoms with Gasteiger partial charge in [-0.2, -0.15) is 10.5 Å². The van der Waals surface area contributed by atoms with Crippen molar-refractivity contribution >= 4 is 28.4 Å². The minimum Gasteiger partial charge on any atom is -0.299 e. The second kappa shape index (κ2) is 4.86. The number of ketones is 1. The van der Waals surface area contributed by atoms with Crippen LogP contribution in [0.25, 0.3) is 0 Å². The maximum Gasteiger partial charge on any atom is 0.161 e. The lowest BCUT2D eigenvalue weighted by Gasteiger charge is -2.16. The van der Waals surface area contributed by atoms with E-state index in [4.69, 9.17) is 0 Å². The lowest BCUT2D eigenvalue weighted by Crippen LogP contribution is -2.24. The summed E-state index contributed by atoms with van der Waals surface area (Å²) in [4.78, 5) is 12.5. The highest BCUT2D eigenvalue weighted by molar-refractivity contribution is 14.1. The Kier molecular flexibility index (Phi) is 3.64. The fourth-order valence-corrected chi connectivity index (χ4v) is 3.24. The lowest BCUT2D eigenvalue weighted by molar-refractivity contribution is -0.128. The molecule has 20 heavy (non-hydrogen) atoms. The molecule has 0 bridgehead atoms. The van der Waals surface area contributed by atoms with Gasteiger partial charge in [0.25, 0.3) is 0 Å². The Balaban J connectivity index is 2.46. The third kappa shape index (κ3) is 2.23. The minimum absolute atomic E-state index is 0.00976. The summed E-state index contributed by atoms with van der Waals surface area (Å²) in [5, 5.41) is 18.8. The third-order valence-corrected chi connectivity index (χ3v) is 4.48. The van der Waals surface area contributed by atoms with E-state index in [-0.39, 0.29) is 11.7 Å². The number of carbonyl (C=O) groups excluding carboxylic acids is 1. The highest BCUT2D eigenvalue weighted by Crippen LogP contribution is 2.66. The first-order valence-electron chi connectivity index (χ1n) is 6.40. The summed E-state index contributed by atoms with van der Waals surface area (Å²) < 4.78 is 1.04. The van der Waals surface area contributed by atoms with E-state index in [0.717, 1.165) is 9.13 Å². The smallest absolute Gasteiger partial charge is 0.161 e. The fourth-order valence-electron chi connectivity index (χ4n) is 2.67. The van der Waals surface area contributed by atoms with Crippen molar-refractivity contribution in [2.45, 2.75) is 26.7 Å². The van der Waals surface area contributed by atoms with Crippen LogP contribution in [0.2, 0.25) is 0 Å². The highest BCUT2D eigenvalue weighted by atomic mass is 127. The van der Waals surface area contributed by atoms with Crippen molar-refractivity contribution in [2.75, 3.05) is 0 Å². The molecule has 2 atom stereocenters. The number of nitriles is 2. The van der Waals surface area contributed by atoms with E-state index in [9.17, 15) is 15.3 Å². The average Bonchev–Trinajstić information content (AvgIpc) is 3.06. The number of nitrogens with zero attached hydrogens (tertiary/aromatic N) is 2. The van der Waals surface area contributed by atoms with Gasteiger partial charge in [-0.1, -0.05) is 32.9 Å². The molecule has 3 nitrogen and oxygen atoms in total. The normalized spacial score (nSPS) is 23.5. The lowest BCUT2D eigenvalue weighted by atomic mass is 9.85. The van der Waals surface area contributed by atoms with E-state index in [1.165, 1.54) is 0 Å². The number of hydrogen-bond donors (Lipinski definition) is 0. The number of carbonyl (C=O) groups is 1. The molecule has 1 aromatic carbocycles. The van der Waals surface area contributed by atoms with E-state index < -0.39 is 16.7 Å². The maximum atomic E-state index is 12.5. The zero-order valence-corrected chi connectivity index (χ0v) is 13.8. The Bertz CT molecular complexity index is 632. The van der Waals surface area contributed by atoms with Crippen LogP contribution in [0.15, 0.2) is 24.3 Å². The van der Waals surface area contributed by atoms with Gasteiger partial charge in [0.1, 0.15) is 5.78 Å². The Morgan fingerprint density at radius 1 is 1.30 bits per heavy atom. The van der Waals surface area contributed by atoms with Gasteiger partial charge >= 0.3 is 0 Å². The molecule has 0 aliphatic heterocycles. The van der Waals surface area contributed by atoms with Crippen LogP contribution in [0, 0.1) is 43.0 Å². The van der Waals surface area contributed by atoms with Crippen molar-refractivity contribution in [3.05, 3.63) is 33.4 Å². The number of benzene rings is 1. The molecule has 102 valence electrons. The molecule has 1 fully saturated rings. The topological polar surface area (TPSA) is 64.7 Å². The quantitative estimate of drug-likeness (QED) is 0.738. The molecule has 0 saturated heterocycles. The second-order valence-corrected chi connectivity index (χ2v) is 7.46. The number of halogens is 1. The van der Waals surface area contributed by atoms with E-state index >= 15 is 0 Å². The van der Waals surface area contributed by atoms with E-state index in [1.807, 2.05) is 45.0 Å². The van der Waals surface area contributed by atoms with Gasteiger partial charge in [0.15, 0.2) is 5.41 Å². The molecule has 0 radical (unpaired) electrons. The molecule has 1 aliphatic carbocycles. The van der Waals surface area contributed by atoms with Crippen LogP contribution < -0.4 is 0 Å². The van der Waals surface area contributed by atoms with Crippen LogP contribution in [-0.4, -0.2) is 5.78 Å². The molecule has 0 aromatic heterocycles. The molecule has 2 rings (SSSR count). The van der Waals surface area contributed by atoms with Gasteiger partial charge in [-0.25, -0.2) is 0 Å². The Hall–Kier alpha value is -1.40. The van der Waals surface area contributed by atoms with E-state index in [2.05, 4.69) is 34.7 Å². The van der Waals surface area contributed by atoms with Crippen molar-refractivity contribution in [2.24, 2.45) is 16.7 Å². The minimum atomic E-state index is -1.20. The maximum absolute atomic E-state index is 12.5. The molecule has 0 amide bonds. The molecular weight excluding hydrogens is 363 g/mol.